The lowest BCUT2D eigenvalue weighted by Crippen LogP contribution is -2.33. The van der Waals surface area contributed by atoms with E-state index in [4.69, 9.17) is 5.73 Å². The highest BCUT2D eigenvalue weighted by atomic mass is 16.2. The van der Waals surface area contributed by atoms with Gasteiger partial charge in [0.1, 0.15) is 12.1 Å². The molecule has 0 aliphatic carbocycles. The van der Waals surface area contributed by atoms with Crippen LogP contribution in [-0.4, -0.2) is 79.2 Å². The van der Waals surface area contributed by atoms with Crippen molar-refractivity contribution in [2.75, 3.05) is 53.1 Å². The van der Waals surface area contributed by atoms with Crippen LogP contribution in [0.15, 0.2) is 48.7 Å². The SMILES string of the molecule is CC.Cc1ccc(/C(=C\C(=O)N(C)C)C2CCN(C)CC2)cc1.Nc1cc(CN2CCC(C=O)CC2)ccn1. The van der Waals surface area contributed by atoms with Crippen LogP contribution in [0.25, 0.3) is 5.57 Å². The smallest absolute Gasteiger partial charge is 0.246 e. The zero-order valence-corrected chi connectivity index (χ0v) is 24.9. The average Bonchev–Trinajstić information content (AvgIpc) is 2.94. The van der Waals surface area contributed by atoms with Gasteiger partial charge in [0.25, 0.3) is 0 Å². The van der Waals surface area contributed by atoms with E-state index in [0.717, 1.165) is 64.7 Å². The highest BCUT2D eigenvalue weighted by molar-refractivity contribution is 5.95. The van der Waals surface area contributed by atoms with Gasteiger partial charge in [-0.05, 0) is 101 Å². The maximum atomic E-state index is 12.1. The number of amides is 1. The topological polar surface area (TPSA) is 82.8 Å². The van der Waals surface area contributed by atoms with Crippen LogP contribution in [0.2, 0.25) is 0 Å². The molecule has 0 radical (unpaired) electrons. The van der Waals surface area contributed by atoms with E-state index in [0.29, 0.717) is 11.7 Å². The molecule has 2 aromatic rings. The molecule has 0 atom stereocenters. The van der Waals surface area contributed by atoms with E-state index in [-0.39, 0.29) is 11.8 Å². The van der Waals surface area contributed by atoms with Crippen LogP contribution in [0.5, 0.6) is 0 Å². The largest absolute Gasteiger partial charge is 0.384 e. The summed E-state index contributed by atoms with van der Waals surface area (Å²) >= 11 is 0. The lowest BCUT2D eigenvalue weighted by molar-refractivity contribution is -0.123. The number of aldehydes is 1. The number of hydrogen-bond acceptors (Lipinski definition) is 6. The van der Waals surface area contributed by atoms with Crippen molar-refractivity contribution in [3.8, 4) is 0 Å². The van der Waals surface area contributed by atoms with Crippen molar-refractivity contribution >= 4 is 23.6 Å². The minimum atomic E-state index is 0.0736. The second-order valence-corrected chi connectivity index (χ2v) is 10.6. The van der Waals surface area contributed by atoms with Crippen LogP contribution in [-0.2, 0) is 16.1 Å². The predicted molar refractivity (Wildman–Crippen MR) is 162 cm³/mol. The first-order chi connectivity index (χ1) is 18.7. The summed E-state index contributed by atoms with van der Waals surface area (Å²) in [4.78, 5) is 33.1. The van der Waals surface area contributed by atoms with Crippen LogP contribution in [0.4, 0.5) is 5.82 Å². The third kappa shape index (κ3) is 10.9. The molecule has 3 heterocycles. The molecule has 2 aliphatic heterocycles. The minimum absolute atomic E-state index is 0.0736. The van der Waals surface area contributed by atoms with Crippen molar-refractivity contribution in [2.24, 2.45) is 11.8 Å². The van der Waals surface area contributed by atoms with Crippen LogP contribution < -0.4 is 5.73 Å². The molecule has 1 aromatic carbocycles. The standard InChI is InChI=1S/C18H26N2O.C12H17N3O.C2H6/c1-14-5-7-15(8-6-14)17(13-18(21)19(2)3)16-9-11-20(4)12-10-16;13-12-7-11(1-4-14-12)8-15-5-2-10(9-16)3-6-15;1-2/h5-8,13,16H,9-12H2,1-4H3;1,4,7,9-10H,2-3,5-6,8H2,(H2,13,14);1-2H3/b17-13+;;. The first kappa shape index (κ1) is 32.2. The van der Waals surface area contributed by atoms with E-state index in [2.05, 4.69) is 53.0 Å². The van der Waals surface area contributed by atoms with Gasteiger partial charge in [-0.3, -0.25) is 9.69 Å². The fourth-order valence-corrected chi connectivity index (χ4v) is 4.86. The minimum Gasteiger partial charge on any atom is -0.384 e. The number of likely N-dealkylation sites (tertiary alicyclic amines) is 2. The van der Waals surface area contributed by atoms with E-state index in [1.165, 1.54) is 22.3 Å². The molecule has 1 amide bonds. The Kier molecular flexibility index (Phi) is 13.9. The molecule has 7 nitrogen and oxygen atoms in total. The summed E-state index contributed by atoms with van der Waals surface area (Å²) < 4.78 is 0. The number of nitrogens with zero attached hydrogens (tertiary/aromatic N) is 4. The number of anilines is 1. The molecular formula is C32H49N5O2. The first-order valence-electron chi connectivity index (χ1n) is 14.3. The molecule has 0 saturated carbocycles. The van der Waals surface area contributed by atoms with Crippen molar-refractivity contribution in [2.45, 2.75) is 53.0 Å². The Hall–Kier alpha value is -3.03. The monoisotopic (exact) mass is 535 g/mol. The predicted octanol–water partition coefficient (Wildman–Crippen LogP) is 4.91. The number of aryl methyl sites for hydroxylation is 1. The van der Waals surface area contributed by atoms with Gasteiger partial charge >= 0.3 is 0 Å². The van der Waals surface area contributed by atoms with E-state index in [1.807, 2.05) is 32.1 Å². The molecule has 7 heteroatoms. The molecule has 0 bridgehead atoms. The number of nitrogen functional groups attached to an aromatic ring is 1. The van der Waals surface area contributed by atoms with Crippen molar-refractivity contribution in [1.29, 1.82) is 0 Å². The number of pyridine rings is 1. The first-order valence-corrected chi connectivity index (χ1v) is 14.3. The zero-order chi connectivity index (χ0) is 28.8. The van der Waals surface area contributed by atoms with E-state index in [1.54, 1.807) is 25.2 Å². The van der Waals surface area contributed by atoms with Crippen molar-refractivity contribution in [1.82, 2.24) is 19.7 Å². The summed E-state index contributed by atoms with van der Waals surface area (Å²) in [5.74, 6) is 1.39. The van der Waals surface area contributed by atoms with Gasteiger partial charge in [0.05, 0.1) is 0 Å². The lowest BCUT2D eigenvalue weighted by Gasteiger charge is -2.31. The number of carbonyl (C=O) groups excluding carboxylic acids is 2. The second-order valence-electron chi connectivity index (χ2n) is 10.6. The quantitative estimate of drug-likeness (QED) is 0.418. The Morgan fingerprint density at radius 1 is 1.03 bits per heavy atom. The maximum Gasteiger partial charge on any atom is 0.246 e. The third-order valence-electron chi connectivity index (χ3n) is 7.34. The molecule has 1 aromatic heterocycles. The Morgan fingerprint density at radius 2 is 1.64 bits per heavy atom. The van der Waals surface area contributed by atoms with E-state index >= 15 is 0 Å². The molecule has 2 fully saturated rings. The van der Waals surface area contributed by atoms with Crippen molar-refractivity contribution < 1.29 is 9.59 Å². The van der Waals surface area contributed by atoms with Crippen LogP contribution in [0.1, 0.15) is 56.2 Å². The van der Waals surface area contributed by atoms with E-state index < -0.39 is 0 Å². The molecule has 0 spiro atoms. The summed E-state index contributed by atoms with van der Waals surface area (Å²) in [5, 5.41) is 0. The summed E-state index contributed by atoms with van der Waals surface area (Å²) in [6, 6.07) is 12.4. The summed E-state index contributed by atoms with van der Waals surface area (Å²) in [7, 11) is 5.77. The lowest BCUT2D eigenvalue weighted by atomic mass is 9.84. The highest BCUT2D eigenvalue weighted by Crippen LogP contribution is 2.32. The molecule has 2 aliphatic rings. The summed E-state index contributed by atoms with van der Waals surface area (Å²) in [6.45, 7) is 11.2. The number of rotatable bonds is 6. The van der Waals surface area contributed by atoms with Gasteiger partial charge in [-0.2, -0.15) is 0 Å². The van der Waals surface area contributed by atoms with Crippen LogP contribution in [0, 0.1) is 18.8 Å². The Labute approximate surface area is 236 Å². The average molecular weight is 536 g/mol. The van der Waals surface area contributed by atoms with Crippen molar-refractivity contribution in [3.05, 3.63) is 65.4 Å². The number of allylic oxidation sites excluding steroid dienone is 1. The Bertz CT molecular complexity index is 1030. The highest BCUT2D eigenvalue weighted by Gasteiger charge is 2.22. The van der Waals surface area contributed by atoms with E-state index in [9.17, 15) is 9.59 Å². The fraction of sp³-hybridized carbons (Fsp3) is 0.531. The van der Waals surface area contributed by atoms with Gasteiger partial charge < -0.3 is 20.3 Å². The molecule has 214 valence electrons. The Morgan fingerprint density at radius 3 is 2.18 bits per heavy atom. The van der Waals surface area contributed by atoms with Gasteiger partial charge in [0, 0.05) is 38.8 Å². The number of benzene rings is 1. The summed E-state index contributed by atoms with van der Waals surface area (Å²) in [5.41, 5.74) is 10.5. The number of likely N-dealkylation sites (N-methyl/N-ethyl adjacent to an activating group) is 1. The third-order valence-corrected chi connectivity index (χ3v) is 7.34. The molecule has 2 saturated heterocycles. The Balaban J connectivity index is 0.000000265. The van der Waals surface area contributed by atoms with Gasteiger partial charge in [-0.15, -0.1) is 0 Å². The molecule has 4 rings (SSSR count). The summed E-state index contributed by atoms with van der Waals surface area (Å²) in [6.07, 6.45) is 8.85. The van der Waals surface area contributed by atoms with Gasteiger partial charge in [-0.25, -0.2) is 4.98 Å². The normalized spacial score (nSPS) is 17.3. The fourth-order valence-electron chi connectivity index (χ4n) is 4.86. The number of piperidine rings is 2. The van der Waals surface area contributed by atoms with Gasteiger partial charge in [0.15, 0.2) is 0 Å². The molecular weight excluding hydrogens is 486 g/mol. The zero-order valence-electron chi connectivity index (χ0n) is 24.9. The number of carbonyl (C=O) groups is 2. The van der Waals surface area contributed by atoms with Crippen molar-refractivity contribution in [3.63, 3.8) is 0 Å². The number of hydrogen-bond donors (Lipinski definition) is 1. The van der Waals surface area contributed by atoms with Gasteiger partial charge in [0.2, 0.25) is 5.91 Å². The number of aromatic nitrogens is 1. The van der Waals surface area contributed by atoms with Crippen LogP contribution in [0.3, 0.4) is 0 Å². The molecule has 2 N–H and O–H groups in total. The number of nitrogens with two attached hydrogens (primary N) is 1. The van der Waals surface area contributed by atoms with Crippen LogP contribution >= 0.6 is 0 Å². The van der Waals surface area contributed by atoms with Gasteiger partial charge in [-0.1, -0.05) is 43.7 Å². The second kappa shape index (κ2) is 16.8. The maximum absolute atomic E-state index is 12.1. The molecule has 0 unspecified atom stereocenters. The molecule has 39 heavy (non-hydrogen) atoms.